The van der Waals surface area contributed by atoms with Gasteiger partial charge in [-0.3, -0.25) is 4.98 Å². The van der Waals surface area contributed by atoms with Gasteiger partial charge in [0.05, 0.1) is 5.52 Å². The number of nitrogens with one attached hydrogen (secondary N) is 1. The summed E-state index contributed by atoms with van der Waals surface area (Å²) in [4.78, 5) is 8.45. The Kier molecular flexibility index (Phi) is 5.45. The monoisotopic (exact) mass is 274 g/mol. The Balaban J connectivity index is 0.000000246. The van der Waals surface area contributed by atoms with Crippen LogP contribution >= 0.6 is 0 Å². The third kappa shape index (κ3) is 4.46. The van der Waals surface area contributed by atoms with Crippen molar-refractivity contribution in [2.24, 2.45) is 17.2 Å². The number of fused-ring (bicyclic) bond motifs is 1. The average Bonchev–Trinajstić information content (AvgIpc) is 2.38. The largest absolute Gasteiger partial charge is 0.308 e. The van der Waals surface area contributed by atoms with Crippen LogP contribution in [0.15, 0.2) is 24.4 Å². The van der Waals surface area contributed by atoms with Gasteiger partial charge < -0.3 is 5.43 Å². The van der Waals surface area contributed by atoms with Crippen molar-refractivity contribution in [1.29, 1.82) is 0 Å². The standard InChI is InChI=1S/C9H10N4.C7H16/c1-6-7-2-3-9(13-10)12-8(7)4-5-11-6;1-6(2)7(3,4)5/h2-5H,10H2,1H3,(H,12,13);6H,1-5H3. The molecule has 0 saturated heterocycles. The summed E-state index contributed by atoms with van der Waals surface area (Å²) in [6, 6.07) is 5.65. The van der Waals surface area contributed by atoms with Crippen LogP contribution in [-0.4, -0.2) is 9.97 Å². The van der Waals surface area contributed by atoms with E-state index in [9.17, 15) is 0 Å². The number of rotatable bonds is 1. The second kappa shape index (κ2) is 6.66. The lowest BCUT2D eigenvalue weighted by Gasteiger charge is -2.22. The fourth-order valence-electron chi connectivity index (χ4n) is 1.28. The molecule has 0 aliphatic carbocycles. The van der Waals surface area contributed by atoms with Crippen molar-refractivity contribution < 1.29 is 0 Å². The fourth-order valence-corrected chi connectivity index (χ4v) is 1.28. The van der Waals surface area contributed by atoms with Crippen LogP contribution in [0.4, 0.5) is 5.82 Å². The summed E-state index contributed by atoms with van der Waals surface area (Å²) in [5.74, 6) is 6.71. The van der Waals surface area contributed by atoms with Gasteiger partial charge in [0.2, 0.25) is 0 Å². The molecule has 2 aromatic heterocycles. The fraction of sp³-hybridized carbons (Fsp3) is 0.500. The maximum absolute atomic E-state index is 5.25. The second-order valence-electron chi connectivity index (χ2n) is 6.32. The zero-order valence-electron chi connectivity index (χ0n) is 13.4. The first kappa shape index (κ1) is 16.4. The number of aryl methyl sites for hydroxylation is 1. The molecule has 0 radical (unpaired) electrons. The molecule has 2 aromatic rings. The van der Waals surface area contributed by atoms with Crippen molar-refractivity contribution in [2.45, 2.75) is 41.5 Å². The van der Waals surface area contributed by atoms with E-state index < -0.39 is 0 Å². The van der Waals surface area contributed by atoms with Gasteiger partial charge >= 0.3 is 0 Å². The van der Waals surface area contributed by atoms with Gasteiger partial charge in [0, 0.05) is 17.3 Å². The van der Waals surface area contributed by atoms with Gasteiger partial charge in [0.25, 0.3) is 0 Å². The van der Waals surface area contributed by atoms with E-state index in [0.717, 1.165) is 22.5 Å². The molecule has 0 amide bonds. The number of nitrogens with zero attached hydrogens (tertiary/aromatic N) is 2. The minimum Gasteiger partial charge on any atom is -0.308 e. The summed E-state index contributed by atoms with van der Waals surface area (Å²) in [5, 5.41) is 1.06. The first-order chi connectivity index (χ1) is 9.25. The molecule has 0 saturated carbocycles. The van der Waals surface area contributed by atoms with Crippen molar-refractivity contribution >= 4 is 16.7 Å². The van der Waals surface area contributed by atoms with Gasteiger partial charge in [-0.15, -0.1) is 0 Å². The van der Waals surface area contributed by atoms with Crippen LogP contribution in [0.25, 0.3) is 10.9 Å². The van der Waals surface area contributed by atoms with Crippen LogP contribution in [0, 0.1) is 18.3 Å². The van der Waals surface area contributed by atoms with E-state index in [4.69, 9.17) is 5.84 Å². The highest BCUT2D eigenvalue weighted by atomic mass is 15.2. The topological polar surface area (TPSA) is 63.8 Å². The van der Waals surface area contributed by atoms with Crippen LogP contribution < -0.4 is 11.3 Å². The molecule has 0 atom stereocenters. The molecule has 0 unspecified atom stereocenters. The Morgan fingerprint density at radius 3 is 2.25 bits per heavy atom. The number of hydrogen-bond donors (Lipinski definition) is 2. The molecule has 20 heavy (non-hydrogen) atoms. The predicted octanol–water partition coefficient (Wildman–Crippen LogP) is 3.91. The molecule has 4 heteroatoms. The number of anilines is 1. The van der Waals surface area contributed by atoms with Crippen LogP contribution in [0.5, 0.6) is 0 Å². The second-order valence-corrected chi connectivity index (χ2v) is 6.32. The Bertz CT molecular complexity index is 556. The summed E-state index contributed by atoms with van der Waals surface area (Å²) in [6.07, 6.45) is 1.74. The average molecular weight is 274 g/mol. The number of nitrogen functional groups attached to an aromatic ring is 1. The molecule has 110 valence electrons. The van der Waals surface area contributed by atoms with Crippen molar-refractivity contribution in [3.8, 4) is 0 Å². The SMILES string of the molecule is CC(C)C(C)(C)C.Cc1nccc2nc(NN)ccc12. The first-order valence-corrected chi connectivity index (χ1v) is 6.94. The summed E-state index contributed by atoms with van der Waals surface area (Å²) in [6.45, 7) is 13.2. The minimum atomic E-state index is 0.500. The third-order valence-corrected chi connectivity index (χ3v) is 3.70. The van der Waals surface area contributed by atoms with E-state index in [1.807, 2.05) is 25.1 Å². The summed E-state index contributed by atoms with van der Waals surface area (Å²) in [7, 11) is 0. The molecule has 0 aromatic carbocycles. The maximum Gasteiger partial charge on any atom is 0.140 e. The molecule has 0 fully saturated rings. The highest BCUT2D eigenvalue weighted by molar-refractivity contribution is 5.81. The normalized spacial score (nSPS) is 11.2. The Labute approximate surface area is 121 Å². The Hall–Kier alpha value is -1.68. The molecular weight excluding hydrogens is 248 g/mol. The number of hydrogen-bond acceptors (Lipinski definition) is 4. The smallest absolute Gasteiger partial charge is 0.140 e. The quantitative estimate of drug-likeness (QED) is 0.611. The van der Waals surface area contributed by atoms with Crippen molar-refractivity contribution in [3.63, 3.8) is 0 Å². The molecular formula is C16H26N4. The zero-order chi connectivity index (χ0) is 15.3. The number of pyridine rings is 2. The minimum absolute atomic E-state index is 0.500. The molecule has 2 heterocycles. The van der Waals surface area contributed by atoms with Gasteiger partial charge in [0.15, 0.2) is 0 Å². The van der Waals surface area contributed by atoms with Crippen LogP contribution in [0.1, 0.15) is 40.3 Å². The van der Waals surface area contributed by atoms with Crippen LogP contribution in [0.3, 0.4) is 0 Å². The van der Waals surface area contributed by atoms with Gasteiger partial charge in [0.1, 0.15) is 5.82 Å². The Morgan fingerprint density at radius 1 is 1.15 bits per heavy atom. The van der Waals surface area contributed by atoms with E-state index in [1.54, 1.807) is 6.20 Å². The molecule has 2 rings (SSSR count). The van der Waals surface area contributed by atoms with Crippen LogP contribution in [0.2, 0.25) is 0 Å². The highest BCUT2D eigenvalue weighted by Crippen LogP contribution is 2.23. The number of hydrazine groups is 1. The zero-order valence-corrected chi connectivity index (χ0v) is 13.4. The molecule has 0 aliphatic rings. The molecule has 0 aliphatic heterocycles. The molecule has 0 spiro atoms. The molecule has 4 nitrogen and oxygen atoms in total. The summed E-state index contributed by atoms with van der Waals surface area (Å²) >= 11 is 0. The van der Waals surface area contributed by atoms with Crippen molar-refractivity contribution in [2.75, 3.05) is 5.43 Å². The molecule has 0 bridgehead atoms. The van der Waals surface area contributed by atoms with E-state index in [1.165, 1.54) is 0 Å². The molecule has 3 N–H and O–H groups in total. The first-order valence-electron chi connectivity index (χ1n) is 6.94. The van der Waals surface area contributed by atoms with E-state index in [2.05, 4.69) is 50.0 Å². The van der Waals surface area contributed by atoms with Crippen LogP contribution in [-0.2, 0) is 0 Å². The number of aromatic nitrogens is 2. The number of nitrogens with two attached hydrogens (primary N) is 1. The van der Waals surface area contributed by atoms with Crippen molar-refractivity contribution in [3.05, 3.63) is 30.1 Å². The van der Waals surface area contributed by atoms with Gasteiger partial charge in [-0.2, -0.15) is 0 Å². The van der Waals surface area contributed by atoms with Gasteiger partial charge in [-0.05, 0) is 36.5 Å². The highest BCUT2D eigenvalue weighted by Gasteiger charge is 2.13. The predicted molar refractivity (Wildman–Crippen MR) is 86.4 cm³/mol. The third-order valence-electron chi connectivity index (χ3n) is 3.70. The lowest BCUT2D eigenvalue weighted by molar-refractivity contribution is 0.283. The van der Waals surface area contributed by atoms with Gasteiger partial charge in [-0.25, -0.2) is 10.8 Å². The van der Waals surface area contributed by atoms with Crippen molar-refractivity contribution in [1.82, 2.24) is 9.97 Å². The lowest BCUT2D eigenvalue weighted by Crippen LogP contribution is -2.12. The van der Waals surface area contributed by atoms with E-state index in [0.29, 0.717) is 11.2 Å². The van der Waals surface area contributed by atoms with Gasteiger partial charge in [-0.1, -0.05) is 34.6 Å². The Morgan fingerprint density at radius 2 is 1.75 bits per heavy atom. The maximum atomic E-state index is 5.25. The lowest BCUT2D eigenvalue weighted by atomic mass is 9.84. The summed E-state index contributed by atoms with van der Waals surface area (Å²) < 4.78 is 0. The van der Waals surface area contributed by atoms with E-state index >= 15 is 0 Å². The summed E-state index contributed by atoms with van der Waals surface area (Å²) in [5.41, 5.74) is 4.89. The van der Waals surface area contributed by atoms with E-state index in [-0.39, 0.29) is 0 Å².